The highest BCUT2D eigenvalue weighted by Gasteiger charge is 1.83. The minimum Gasteiger partial charge on any atom is -0.472 e. The Morgan fingerprint density at radius 1 is 1.71 bits per heavy atom. The summed E-state index contributed by atoms with van der Waals surface area (Å²) in [7, 11) is 0. The van der Waals surface area contributed by atoms with Gasteiger partial charge in [0.1, 0.15) is 0 Å². The minimum atomic E-state index is 0.566. The lowest BCUT2D eigenvalue weighted by Crippen LogP contribution is -1.92. The van der Waals surface area contributed by atoms with Crippen molar-refractivity contribution in [1.82, 2.24) is 0 Å². The van der Waals surface area contributed by atoms with Crippen molar-refractivity contribution in [2.75, 3.05) is 0 Å². The smallest absolute Gasteiger partial charge is 0.0947 e. The van der Waals surface area contributed by atoms with E-state index in [4.69, 9.17) is 10.2 Å². The van der Waals surface area contributed by atoms with Crippen LogP contribution in [-0.2, 0) is 6.54 Å². The van der Waals surface area contributed by atoms with E-state index in [1.807, 2.05) is 6.07 Å². The van der Waals surface area contributed by atoms with Gasteiger partial charge in [0.15, 0.2) is 0 Å². The van der Waals surface area contributed by atoms with Crippen molar-refractivity contribution in [1.29, 1.82) is 0 Å². The molecule has 1 aromatic rings. The minimum absolute atomic E-state index is 0.566. The summed E-state index contributed by atoms with van der Waals surface area (Å²) in [5.74, 6) is 0. The summed E-state index contributed by atoms with van der Waals surface area (Å²) in [6, 6.07) is 1.85. The SMILES string of the molecule is NCc1ccoc1. The molecule has 0 bridgehead atoms. The maximum atomic E-state index is 5.23. The van der Waals surface area contributed by atoms with Crippen LogP contribution in [0.15, 0.2) is 23.0 Å². The van der Waals surface area contributed by atoms with E-state index >= 15 is 0 Å². The first-order valence-corrected chi connectivity index (χ1v) is 2.14. The van der Waals surface area contributed by atoms with E-state index in [0.29, 0.717) is 6.54 Å². The maximum Gasteiger partial charge on any atom is 0.0947 e. The standard InChI is InChI=1S/C5H7NO/c6-3-5-1-2-7-4-5/h1-2,4H,3,6H2. The largest absolute Gasteiger partial charge is 0.472 e. The third-order valence-electron chi connectivity index (χ3n) is 0.816. The van der Waals surface area contributed by atoms with Gasteiger partial charge < -0.3 is 10.2 Å². The van der Waals surface area contributed by atoms with Gasteiger partial charge in [-0.05, 0) is 6.07 Å². The Labute approximate surface area is 41.9 Å². The lowest BCUT2D eigenvalue weighted by molar-refractivity contribution is 0.564. The van der Waals surface area contributed by atoms with Crippen LogP contribution in [0.2, 0.25) is 0 Å². The molecule has 2 N–H and O–H groups in total. The molecule has 0 spiro atoms. The molecule has 0 aromatic carbocycles. The van der Waals surface area contributed by atoms with Crippen LogP contribution in [-0.4, -0.2) is 0 Å². The van der Waals surface area contributed by atoms with E-state index in [2.05, 4.69) is 0 Å². The van der Waals surface area contributed by atoms with Crippen LogP contribution < -0.4 is 5.73 Å². The fourth-order valence-corrected chi connectivity index (χ4v) is 0.409. The zero-order chi connectivity index (χ0) is 5.11. The summed E-state index contributed by atoms with van der Waals surface area (Å²) in [6.07, 6.45) is 3.25. The molecule has 0 radical (unpaired) electrons. The van der Waals surface area contributed by atoms with Crippen molar-refractivity contribution in [2.45, 2.75) is 6.54 Å². The van der Waals surface area contributed by atoms with Crippen LogP contribution >= 0.6 is 0 Å². The molecule has 0 saturated carbocycles. The highest BCUT2D eigenvalue weighted by molar-refractivity contribution is 5.03. The second kappa shape index (κ2) is 1.80. The molecular formula is C5H7NO. The zero-order valence-electron chi connectivity index (χ0n) is 3.92. The van der Waals surface area contributed by atoms with Crippen LogP contribution in [0.25, 0.3) is 0 Å². The summed E-state index contributed by atoms with van der Waals surface area (Å²) in [5.41, 5.74) is 6.28. The maximum absolute atomic E-state index is 5.23. The fraction of sp³-hybridized carbons (Fsp3) is 0.200. The first kappa shape index (κ1) is 4.40. The summed E-state index contributed by atoms with van der Waals surface area (Å²) in [4.78, 5) is 0. The molecule has 1 aromatic heterocycles. The van der Waals surface area contributed by atoms with Gasteiger partial charge in [0.25, 0.3) is 0 Å². The van der Waals surface area contributed by atoms with Gasteiger partial charge >= 0.3 is 0 Å². The van der Waals surface area contributed by atoms with E-state index < -0.39 is 0 Å². The Hall–Kier alpha value is -0.760. The normalized spacial score (nSPS) is 9.29. The molecule has 0 fully saturated rings. The molecule has 0 aliphatic heterocycles. The summed E-state index contributed by atoms with van der Waals surface area (Å²) >= 11 is 0. The predicted octanol–water partition coefficient (Wildman–Crippen LogP) is 0.738. The number of nitrogens with two attached hydrogens (primary N) is 1. The molecule has 1 heterocycles. The third-order valence-corrected chi connectivity index (χ3v) is 0.816. The molecule has 0 aliphatic rings. The Morgan fingerprint density at radius 2 is 2.57 bits per heavy atom. The molecule has 0 atom stereocenters. The van der Waals surface area contributed by atoms with Gasteiger partial charge in [-0.3, -0.25) is 0 Å². The van der Waals surface area contributed by atoms with Gasteiger partial charge in [-0.15, -0.1) is 0 Å². The lowest BCUT2D eigenvalue weighted by Gasteiger charge is -1.78. The first-order chi connectivity index (χ1) is 3.43. The average Bonchev–Trinajstić information content (AvgIpc) is 2.14. The topological polar surface area (TPSA) is 39.2 Å². The van der Waals surface area contributed by atoms with Gasteiger partial charge in [-0.1, -0.05) is 0 Å². The summed E-state index contributed by atoms with van der Waals surface area (Å²) in [5, 5.41) is 0. The van der Waals surface area contributed by atoms with Crippen molar-refractivity contribution < 1.29 is 4.42 Å². The van der Waals surface area contributed by atoms with Crippen LogP contribution in [0.3, 0.4) is 0 Å². The summed E-state index contributed by atoms with van der Waals surface area (Å²) < 4.78 is 4.73. The molecule has 0 aliphatic carbocycles. The van der Waals surface area contributed by atoms with E-state index in [9.17, 15) is 0 Å². The highest BCUT2D eigenvalue weighted by Crippen LogP contribution is 1.95. The van der Waals surface area contributed by atoms with E-state index in [1.165, 1.54) is 0 Å². The number of rotatable bonds is 1. The monoisotopic (exact) mass is 97.1 g/mol. The highest BCUT2D eigenvalue weighted by atomic mass is 16.3. The molecule has 0 amide bonds. The van der Waals surface area contributed by atoms with Crippen LogP contribution in [0.4, 0.5) is 0 Å². The molecular weight excluding hydrogens is 90.1 g/mol. The first-order valence-electron chi connectivity index (χ1n) is 2.14. The summed E-state index contributed by atoms with van der Waals surface area (Å²) in [6.45, 7) is 0.566. The second-order valence-corrected chi connectivity index (χ2v) is 1.34. The molecule has 2 nitrogen and oxygen atoms in total. The molecule has 38 valence electrons. The van der Waals surface area contributed by atoms with Gasteiger partial charge in [0, 0.05) is 12.1 Å². The molecule has 0 saturated heterocycles. The third kappa shape index (κ3) is 0.810. The van der Waals surface area contributed by atoms with Crippen LogP contribution in [0, 0.1) is 0 Å². The van der Waals surface area contributed by atoms with Crippen LogP contribution in [0.5, 0.6) is 0 Å². The fourth-order valence-electron chi connectivity index (χ4n) is 0.409. The Morgan fingerprint density at radius 3 is 2.86 bits per heavy atom. The Bertz CT molecular complexity index is 123. The second-order valence-electron chi connectivity index (χ2n) is 1.34. The Balaban J connectivity index is 2.76. The quantitative estimate of drug-likeness (QED) is 0.561. The number of furan rings is 1. The van der Waals surface area contributed by atoms with Crippen molar-refractivity contribution in [3.63, 3.8) is 0 Å². The number of hydrogen-bond donors (Lipinski definition) is 1. The number of hydrogen-bond acceptors (Lipinski definition) is 2. The predicted molar refractivity (Wildman–Crippen MR) is 26.6 cm³/mol. The lowest BCUT2D eigenvalue weighted by atomic mass is 10.4. The van der Waals surface area contributed by atoms with E-state index in [-0.39, 0.29) is 0 Å². The van der Waals surface area contributed by atoms with E-state index in [1.54, 1.807) is 12.5 Å². The molecule has 2 heteroatoms. The van der Waals surface area contributed by atoms with Crippen molar-refractivity contribution in [3.8, 4) is 0 Å². The zero-order valence-corrected chi connectivity index (χ0v) is 3.92. The molecule has 0 unspecified atom stereocenters. The van der Waals surface area contributed by atoms with E-state index in [0.717, 1.165) is 5.56 Å². The van der Waals surface area contributed by atoms with Gasteiger partial charge in [0.2, 0.25) is 0 Å². The average molecular weight is 97.1 g/mol. The van der Waals surface area contributed by atoms with Gasteiger partial charge in [-0.2, -0.15) is 0 Å². The van der Waals surface area contributed by atoms with Crippen LogP contribution in [0.1, 0.15) is 5.56 Å². The van der Waals surface area contributed by atoms with Crippen molar-refractivity contribution >= 4 is 0 Å². The molecule has 1 rings (SSSR count). The van der Waals surface area contributed by atoms with Gasteiger partial charge in [-0.25, -0.2) is 0 Å². The Kier molecular flexibility index (Phi) is 1.13. The van der Waals surface area contributed by atoms with Crippen molar-refractivity contribution in [2.24, 2.45) is 5.73 Å². The van der Waals surface area contributed by atoms with Gasteiger partial charge in [0.05, 0.1) is 12.5 Å². The molecule has 7 heavy (non-hydrogen) atoms. The van der Waals surface area contributed by atoms with Crippen molar-refractivity contribution in [3.05, 3.63) is 24.2 Å².